The Balaban J connectivity index is 1.52. The van der Waals surface area contributed by atoms with Crippen LogP contribution in [0.2, 0.25) is 0 Å². The van der Waals surface area contributed by atoms with Crippen molar-refractivity contribution >= 4 is 21.4 Å². The minimum atomic E-state index is -0.128. The number of fused-ring (bicyclic) bond motifs is 1. The monoisotopic (exact) mass is 416 g/mol. The summed E-state index contributed by atoms with van der Waals surface area (Å²) < 4.78 is 4.76. The maximum atomic E-state index is 13.3. The van der Waals surface area contributed by atoms with E-state index in [9.17, 15) is 4.79 Å². The maximum Gasteiger partial charge on any atom is 0.273 e. The number of pyridine rings is 1. The minimum Gasteiger partial charge on any atom is -0.320 e. The second-order valence-corrected chi connectivity index (χ2v) is 10.0. The molecule has 2 saturated carbocycles. The van der Waals surface area contributed by atoms with Crippen LogP contribution in [-0.2, 0) is 12.5 Å². The summed E-state index contributed by atoms with van der Waals surface area (Å²) in [5.41, 5.74) is 3.43. The Labute approximate surface area is 179 Å². The van der Waals surface area contributed by atoms with Gasteiger partial charge in [0, 0.05) is 24.3 Å². The number of rotatable bonds is 4. The van der Waals surface area contributed by atoms with E-state index in [4.69, 9.17) is 0 Å². The fourth-order valence-electron chi connectivity index (χ4n) is 5.34. The quantitative estimate of drug-likeness (QED) is 0.481. The lowest BCUT2D eigenvalue weighted by atomic mass is 9.58. The van der Waals surface area contributed by atoms with Gasteiger partial charge in [0.2, 0.25) is 0 Å². The van der Waals surface area contributed by atoms with Crippen LogP contribution in [0.25, 0.3) is 15.8 Å². The van der Waals surface area contributed by atoms with Crippen molar-refractivity contribution in [2.45, 2.75) is 43.9 Å². The molecule has 6 rings (SSSR count). The average Bonchev–Trinajstić information content (AvgIpc) is 3.27. The second kappa shape index (κ2) is 6.38. The van der Waals surface area contributed by atoms with Gasteiger partial charge in [-0.05, 0) is 72.2 Å². The summed E-state index contributed by atoms with van der Waals surface area (Å²) in [6.45, 7) is 2.29. The molecule has 5 nitrogen and oxygen atoms in total. The molecule has 0 spiro atoms. The molecule has 0 saturated heterocycles. The summed E-state index contributed by atoms with van der Waals surface area (Å²) >= 11 is 1.55. The van der Waals surface area contributed by atoms with Crippen LogP contribution >= 0.6 is 11.3 Å². The molecule has 2 fully saturated rings. The van der Waals surface area contributed by atoms with Gasteiger partial charge in [0.25, 0.3) is 5.56 Å². The van der Waals surface area contributed by atoms with Crippen LogP contribution in [0.3, 0.4) is 0 Å². The van der Waals surface area contributed by atoms with Crippen LogP contribution in [0.5, 0.6) is 0 Å². The van der Waals surface area contributed by atoms with E-state index >= 15 is 0 Å². The fraction of sp³-hybridized carbons (Fsp3) is 0.375. The van der Waals surface area contributed by atoms with Gasteiger partial charge < -0.3 is 4.57 Å². The third-order valence-corrected chi connectivity index (χ3v) is 7.79. The van der Waals surface area contributed by atoms with Crippen molar-refractivity contribution in [3.63, 3.8) is 0 Å². The first-order chi connectivity index (χ1) is 14.6. The summed E-state index contributed by atoms with van der Waals surface area (Å²) in [5, 5.41) is 11.8. The van der Waals surface area contributed by atoms with E-state index in [1.807, 2.05) is 27.6 Å². The van der Waals surface area contributed by atoms with Gasteiger partial charge in [0.15, 0.2) is 0 Å². The summed E-state index contributed by atoms with van der Waals surface area (Å²) in [7, 11) is 2.01. The van der Waals surface area contributed by atoms with Crippen molar-refractivity contribution in [1.82, 2.24) is 19.3 Å². The van der Waals surface area contributed by atoms with Gasteiger partial charge in [-0.15, -0.1) is 21.5 Å². The van der Waals surface area contributed by atoms with Crippen molar-refractivity contribution in [1.29, 1.82) is 0 Å². The number of hydrogen-bond donors (Lipinski definition) is 0. The molecule has 0 N–H and O–H groups in total. The summed E-state index contributed by atoms with van der Waals surface area (Å²) in [5.74, 6) is 2.25. The van der Waals surface area contributed by atoms with Gasteiger partial charge in [0.1, 0.15) is 16.9 Å². The molecule has 6 heteroatoms. The third kappa shape index (κ3) is 2.56. The maximum absolute atomic E-state index is 13.3. The Morgan fingerprint density at radius 1 is 1.20 bits per heavy atom. The molecule has 2 aliphatic rings. The summed E-state index contributed by atoms with van der Waals surface area (Å²) in [6.07, 6.45) is 8.41. The summed E-state index contributed by atoms with van der Waals surface area (Å²) in [4.78, 5) is 13.3. The van der Waals surface area contributed by atoms with Crippen molar-refractivity contribution < 1.29 is 0 Å². The average molecular weight is 417 g/mol. The van der Waals surface area contributed by atoms with E-state index in [0.717, 1.165) is 34.4 Å². The van der Waals surface area contributed by atoms with E-state index in [-0.39, 0.29) is 11.0 Å². The van der Waals surface area contributed by atoms with Crippen LogP contribution in [-0.4, -0.2) is 19.3 Å². The van der Waals surface area contributed by atoms with Gasteiger partial charge in [0.05, 0.1) is 5.41 Å². The van der Waals surface area contributed by atoms with E-state index < -0.39 is 0 Å². The highest BCUT2D eigenvalue weighted by molar-refractivity contribution is 7.17. The van der Waals surface area contributed by atoms with Crippen LogP contribution in [0, 0.1) is 5.92 Å². The largest absolute Gasteiger partial charge is 0.320 e. The van der Waals surface area contributed by atoms with Crippen LogP contribution in [0.15, 0.2) is 53.0 Å². The Hall–Kier alpha value is -2.73. The standard InChI is InChI=1S/C24H24N4OS/c1-15-11-24(12-15,23-26-25-14-27(23)2)17-4-3-5-18(10-17)28-13-20(16-6-7-16)19-8-9-30-21(19)22(28)29/h3-5,8-10,13-16H,6-7,11-12H2,1-2H3. The predicted molar refractivity (Wildman–Crippen MR) is 120 cm³/mol. The zero-order valence-corrected chi connectivity index (χ0v) is 18.0. The molecule has 0 atom stereocenters. The van der Waals surface area contributed by atoms with E-state index in [1.54, 1.807) is 17.7 Å². The molecular formula is C24H24N4OS. The molecular weight excluding hydrogens is 392 g/mol. The van der Waals surface area contributed by atoms with Gasteiger partial charge in [-0.1, -0.05) is 19.1 Å². The van der Waals surface area contributed by atoms with Crippen LogP contribution in [0.4, 0.5) is 0 Å². The van der Waals surface area contributed by atoms with Crippen molar-refractivity contribution in [3.8, 4) is 5.69 Å². The molecule has 0 bridgehead atoms. The highest BCUT2D eigenvalue weighted by Gasteiger charge is 2.48. The molecule has 152 valence electrons. The molecule has 30 heavy (non-hydrogen) atoms. The normalized spacial score (nSPS) is 23.6. The molecule has 3 aromatic heterocycles. The fourth-order valence-corrected chi connectivity index (χ4v) is 6.19. The second-order valence-electron chi connectivity index (χ2n) is 9.11. The topological polar surface area (TPSA) is 52.7 Å². The summed E-state index contributed by atoms with van der Waals surface area (Å²) in [6, 6.07) is 10.6. The van der Waals surface area contributed by atoms with Gasteiger partial charge in [-0.2, -0.15) is 0 Å². The number of aromatic nitrogens is 4. The Bertz CT molecular complexity index is 1320. The smallest absolute Gasteiger partial charge is 0.273 e. The Kier molecular flexibility index (Phi) is 3.84. The molecule has 4 aromatic rings. The first kappa shape index (κ1) is 18.1. The van der Waals surface area contributed by atoms with Crippen molar-refractivity contribution in [2.24, 2.45) is 13.0 Å². The Morgan fingerprint density at radius 3 is 2.73 bits per heavy atom. The first-order valence-corrected chi connectivity index (χ1v) is 11.5. The lowest BCUT2D eigenvalue weighted by Gasteiger charge is -2.46. The zero-order valence-electron chi connectivity index (χ0n) is 17.2. The van der Waals surface area contributed by atoms with Gasteiger partial charge >= 0.3 is 0 Å². The molecule has 0 amide bonds. The van der Waals surface area contributed by atoms with Crippen molar-refractivity contribution in [2.75, 3.05) is 0 Å². The number of thiophene rings is 1. The molecule has 3 heterocycles. The van der Waals surface area contributed by atoms with E-state index in [2.05, 4.69) is 47.6 Å². The van der Waals surface area contributed by atoms with E-state index in [0.29, 0.717) is 11.8 Å². The lowest BCUT2D eigenvalue weighted by molar-refractivity contribution is 0.185. The van der Waals surface area contributed by atoms with E-state index in [1.165, 1.54) is 24.0 Å². The number of benzene rings is 1. The molecule has 0 aliphatic heterocycles. The van der Waals surface area contributed by atoms with Crippen molar-refractivity contribution in [3.05, 3.63) is 75.5 Å². The highest BCUT2D eigenvalue weighted by Crippen LogP contribution is 2.51. The first-order valence-electron chi connectivity index (χ1n) is 10.6. The highest BCUT2D eigenvalue weighted by atomic mass is 32.1. The number of hydrogen-bond acceptors (Lipinski definition) is 4. The lowest BCUT2D eigenvalue weighted by Crippen LogP contribution is -2.43. The molecule has 2 aliphatic carbocycles. The molecule has 0 radical (unpaired) electrons. The van der Waals surface area contributed by atoms with Crippen LogP contribution < -0.4 is 5.56 Å². The van der Waals surface area contributed by atoms with Gasteiger partial charge in [-0.3, -0.25) is 9.36 Å². The zero-order chi connectivity index (χ0) is 20.5. The molecule has 1 aromatic carbocycles. The molecule has 0 unspecified atom stereocenters. The predicted octanol–water partition coefficient (Wildman–Crippen LogP) is 4.77. The minimum absolute atomic E-state index is 0.0798. The van der Waals surface area contributed by atoms with Gasteiger partial charge in [-0.25, -0.2) is 0 Å². The number of aryl methyl sites for hydroxylation is 1. The third-order valence-electron chi connectivity index (χ3n) is 6.88. The Morgan fingerprint density at radius 2 is 2.03 bits per heavy atom. The SMILES string of the molecule is CC1CC(c2cccc(-n3cc(C4CC4)c4ccsc4c3=O)c2)(c2nncn2C)C1. The number of nitrogens with zero attached hydrogens (tertiary/aromatic N) is 4. The van der Waals surface area contributed by atoms with Crippen LogP contribution in [0.1, 0.15) is 55.5 Å².